The van der Waals surface area contributed by atoms with Crippen molar-refractivity contribution in [1.29, 1.82) is 0 Å². The van der Waals surface area contributed by atoms with Crippen LogP contribution in [0.4, 0.5) is 22.0 Å². The van der Waals surface area contributed by atoms with Gasteiger partial charge in [0.1, 0.15) is 17.1 Å². The fraction of sp³-hybridized carbons (Fsp3) is 0.400. The second-order valence-corrected chi connectivity index (χ2v) is 12.5. The molecule has 0 aliphatic heterocycles. The number of thioether (sulfide) groups is 1. The molecule has 266 valence electrons. The standard InChI is InChI=1S/C35H37F5O8S/c1-3-10-25-28(16-15-23(21(2)41)32(25)44)47-18-8-6-4-5-7-12-31(26(42)11-9-17-34(36,37)35(38,39)40)49-22-13-14-24-27(43)20-30(33(45)46)48-29(24)19-22/h4-5,7,12-16,19-20,26,31,42,44H,3,6,8-11,17-18H2,1-2H3,(H,45,46)/b5-4-,12-7+/t26-,31+/m1/s1. The molecule has 0 radical (unpaired) electrons. The number of phenols is 1. The molecular weight excluding hydrogens is 675 g/mol. The average Bonchev–Trinajstić information content (AvgIpc) is 3.02. The largest absolute Gasteiger partial charge is 0.507 e. The number of aromatic carboxylic acids is 1. The molecule has 8 nitrogen and oxygen atoms in total. The molecule has 0 unspecified atom stereocenters. The molecule has 0 saturated carbocycles. The molecule has 3 aromatic rings. The minimum absolute atomic E-state index is 0.0362. The Labute approximate surface area is 283 Å². The third kappa shape index (κ3) is 10.9. The van der Waals surface area contributed by atoms with E-state index < -0.39 is 53.5 Å². The number of rotatable bonds is 18. The Morgan fingerprint density at radius 1 is 1.06 bits per heavy atom. The normalized spacial score (nSPS) is 13.7. The first-order valence-electron chi connectivity index (χ1n) is 15.5. The van der Waals surface area contributed by atoms with Gasteiger partial charge in [0.25, 0.3) is 0 Å². The number of aliphatic hydroxyl groups excluding tert-OH is 1. The molecule has 0 aliphatic rings. The molecule has 0 bridgehead atoms. The van der Waals surface area contributed by atoms with Gasteiger partial charge in [0.15, 0.2) is 11.2 Å². The van der Waals surface area contributed by atoms with Gasteiger partial charge in [0, 0.05) is 22.9 Å². The van der Waals surface area contributed by atoms with E-state index >= 15 is 0 Å². The number of carboxylic acid groups (broad SMARTS) is 1. The van der Waals surface area contributed by atoms with E-state index in [-0.39, 0.29) is 34.5 Å². The number of hydrogen-bond donors (Lipinski definition) is 3. The monoisotopic (exact) mass is 712 g/mol. The quantitative estimate of drug-likeness (QED) is 0.0390. The third-order valence-corrected chi connectivity index (χ3v) is 8.68. The molecule has 0 aliphatic carbocycles. The van der Waals surface area contributed by atoms with Crippen LogP contribution in [0.1, 0.15) is 78.8 Å². The zero-order valence-corrected chi connectivity index (χ0v) is 27.6. The van der Waals surface area contributed by atoms with Crippen LogP contribution in [0.2, 0.25) is 0 Å². The van der Waals surface area contributed by atoms with E-state index in [4.69, 9.17) is 9.15 Å². The van der Waals surface area contributed by atoms with Crippen molar-refractivity contribution in [2.45, 2.75) is 87.1 Å². The van der Waals surface area contributed by atoms with Crippen LogP contribution >= 0.6 is 11.8 Å². The van der Waals surface area contributed by atoms with Crippen LogP contribution in [0.25, 0.3) is 11.0 Å². The number of phenolic OH excluding ortho intramolecular Hbond substituents is 1. The number of alkyl halides is 5. The van der Waals surface area contributed by atoms with Crippen molar-refractivity contribution in [3.05, 3.63) is 87.8 Å². The van der Waals surface area contributed by atoms with Gasteiger partial charge in [-0.05, 0) is 69.4 Å². The second kappa shape index (κ2) is 17.5. The molecule has 2 atom stereocenters. The topological polar surface area (TPSA) is 134 Å². The summed E-state index contributed by atoms with van der Waals surface area (Å²) in [5.74, 6) is -6.78. The van der Waals surface area contributed by atoms with Crippen molar-refractivity contribution in [3.8, 4) is 11.5 Å². The van der Waals surface area contributed by atoms with E-state index in [1.54, 1.807) is 30.4 Å². The summed E-state index contributed by atoms with van der Waals surface area (Å²) in [6, 6.07) is 8.31. The maximum atomic E-state index is 13.4. The van der Waals surface area contributed by atoms with Gasteiger partial charge in [-0.3, -0.25) is 9.59 Å². The summed E-state index contributed by atoms with van der Waals surface area (Å²) in [6.45, 7) is 3.62. The van der Waals surface area contributed by atoms with Gasteiger partial charge in [-0.25, -0.2) is 4.79 Å². The Balaban J connectivity index is 1.68. The number of aliphatic hydroxyl groups is 1. The van der Waals surface area contributed by atoms with Gasteiger partial charge in [0.05, 0.1) is 28.9 Å². The molecule has 14 heteroatoms. The Hall–Kier alpha value is -4.17. The highest BCUT2D eigenvalue weighted by atomic mass is 32.2. The van der Waals surface area contributed by atoms with E-state index in [1.165, 1.54) is 31.2 Å². The molecule has 2 aromatic carbocycles. The Morgan fingerprint density at radius 2 is 1.80 bits per heavy atom. The van der Waals surface area contributed by atoms with Crippen molar-refractivity contribution in [2.75, 3.05) is 6.61 Å². The summed E-state index contributed by atoms with van der Waals surface area (Å²) in [6.07, 6.45) is -0.495. The molecule has 1 aromatic heterocycles. The van der Waals surface area contributed by atoms with E-state index in [0.29, 0.717) is 42.1 Å². The van der Waals surface area contributed by atoms with Crippen LogP contribution in [-0.2, 0) is 6.42 Å². The highest BCUT2D eigenvalue weighted by Gasteiger charge is 2.56. The number of benzene rings is 2. The third-order valence-electron chi connectivity index (χ3n) is 7.41. The molecule has 0 saturated heterocycles. The predicted octanol–water partition coefficient (Wildman–Crippen LogP) is 8.51. The molecule has 1 heterocycles. The number of fused-ring (bicyclic) bond motifs is 1. The van der Waals surface area contributed by atoms with Gasteiger partial charge in [-0.1, -0.05) is 37.6 Å². The Morgan fingerprint density at radius 3 is 2.45 bits per heavy atom. The zero-order chi connectivity index (χ0) is 36.4. The molecule has 3 rings (SSSR count). The number of unbranched alkanes of at least 4 members (excludes halogenated alkanes) is 1. The Bertz CT molecular complexity index is 1730. The maximum Gasteiger partial charge on any atom is 0.453 e. The fourth-order valence-electron chi connectivity index (χ4n) is 4.82. The first-order chi connectivity index (χ1) is 23.1. The molecule has 0 fully saturated rings. The number of carbonyl (C=O) groups excluding carboxylic acids is 1. The van der Waals surface area contributed by atoms with Crippen molar-refractivity contribution >= 4 is 34.5 Å². The molecule has 0 amide bonds. The zero-order valence-electron chi connectivity index (χ0n) is 26.8. The average molecular weight is 713 g/mol. The SMILES string of the molecule is CCCc1c(OCCC/C=C\C=C\[C@H](Sc2ccc3c(=O)cc(C(=O)O)oc3c2)[C@H](O)CCCC(F)(F)C(F)(F)F)ccc(C(C)=O)c1O. The molecule has 49 heavy (non-hydrogen) atoms. The highest BCUT2D eigenvalue weighted by Crippen LogP contribution is 2.40. The lowest BCUT2D eigenvalue weighted by Gasteiger charge is -2.22. The van der Waals surface area contributed by atoms with Gasteiger partial charge < -0.3 is 24.5 Å². The van der Waals surface area contributed by atoms with Crippen molar-refractivity contribution in [3.63, 3.8) is 0 Å². The number of allylic oxidation sites excluding steroid dienone is 3. The van der Waals surface area contributed by atoms with Crippen molar-refractivity contribution < 1.29 is 56.0 Å². The smallest absolute Gasteiger partial charge is 0.453 e. The van der Waals surface area contributed by atoms with Crippen LogP contribution in [0.3, 0.4) is 0 Å². The van der Waals surface area contributed by atoms with E-state index in [2.05, 4.69) is 0 Å². The minimum atomic E-state index is -5.70. The first-order valence-corrected chi connectivity index (χ1v) is 16.4. The first kappa shape index (κ1) is 39.3. The predicted molar refractivity (Wildman–Crippen MR) is 175 cm³/mol. The van der Waals surface area contributed by atoms with Crippen LogP contribution < -0.4 is 10.2 Å². The van der Waals surface area contributed by atoms with Gasteiger partial charge in [0.2, 0.25) is 5.76 Å². The second-order valence-electron chi connectivity index (χ2n) is 11.2. The van der Waals surface area contributed by atoms with Crippen LogP contribution in [0.15, 0.2) is 74.8 Å². The number of ether oxygens (including phenoxy) is 1. The lowest BCUT2D eigenvalue weighted by molar-refractivity contribution is -0.284. The molecule has 0 spiro atoms. The van der Waals surface area contributed by atoms with Crippen molar-refractivity contribution in [2.24, 2.45) is 0 Å². The van der Waals surface area contributed by atoms with Crippen LogP contribution in [0, 0.1) is 0 Å². The van der Waals surface area contributed by atoms with Crippen LogP contribution in [0.5, 0.6) is 11.5 Å². The number of aromatic hydroxyl groups is 1. The summed E-state index contributed by atoms with van der Waals surface area (Å²) < 4.78 is 75.9. The van der Waals surface area contributed by atoms with Crippen molar-refractivity contribution in [1.82, 2.24) is 0 Å². The number of Topliss-reactive ketones (excluding diaryl/α,β-unsaturated/α-hetero) is 1. The van der Waals surface area contributed by atoms with E-state index in [1.807, 2.05) is 6.92 Å². The molecule has 3 N–H and O–H groups in total. The number of ketones is 1. The fourth-order valence-corrected chi connectivity index (χ4v) is 5.92. The summed E-state index contributed by atoms with van der Waals surface area (Å²) in [4.78, 5) is 35.8. The number of carboxylic acids is 1. The number of hydrogen-bond acceptors (Lipinski definition) is 8. The summed E-state index contributed by atoms with van der Waals surface area (Å²) in [5, 5.41) is 29.8. The van der Waals surface area contributed by atoms with E-state index in [9.17, 15) is 51.7 Å². The summed E-state index contributed by atoms with van der Waals surface area (Å²) in [7, 11) is 0. The number of halogens is 5. The summed E-state index contributed by atoms with van der Waals surface area (Å²) in [5.41, 5.74) is 0.170. The highest BCUT2D eigenvalue weighted by molar-refractivity contribution is 8.00. The lowest BCUT2D eigenvalue weighted by atomic mass is 10.0. The van der Waals surface area contributed by atoms with E-state index in [0.717, 1.165) is 24.2 Å². The van der Waals surface area contributed by atoms with Crippen LogP contribution in [-0.4, -0.2) is 57.1 Å². The Kier molecular flexibility index (Phi) is 14.0. The van der Waals surface area contributed by atoms with Gasteiger partial charge in [-0.2, -0.15) is 22.0 Å². The maximum absolute atomic E-state index is 13.4. The van der Waals surface area contributed by atoms with Gasteiger partial charge >= 0.3 is 18.1 Å². The minimum Gasteiger partial charge on any atom is -0.507 e. The summed E-state index contributed by atoms with van der Waals surface area (Å²) >= 11 is 1.02. The molecular formula is C35H37F5O8S. The lowest BCUT2D eigenvalue weighted by Crippen LogP contribution is -2.36. The number of carbonyl (C=O) groups is 2. The van der Waals surface area contributed by atoms with Gasteiger partial charge in [-0.15, -0.1) is 11.8 Å².